The molecule has 1 N–H and O–H groups in total. The molecule has 1 fully saturated rings. The van der Waals surface area contributed by atoms with E-state index in [1.54, 1.807) is 0 Å². The molecule has 1 unspecified atom stereocenters. The standard InChI is InChI=1S/C15H24N2/c1-3-14-6-4-7-15(12-14)17-10-5-9-16-13(2)8-11-17/h4,6-7,12-13,16H,3,5,8-11H2,1-2H3. The average Bonchev–Trinajstić information content (AvgIpc) is 2.34. The maximum atomic E-state index is 3.55. The maximum absolute atomic E-state index is 3.55. The van der Waals surface area contributed by atoms with Crippen LogP contribution in [0.1, 0.15) is 32.3 Å². The van der Waals surface area contributed by atoms with Gasteiger partial charge in [0.2, 0.25) is 0 Å². The number of rotatable bonds is 2. The van der Waals surface area contributed by atoms with Crippen molar-refractivity contribution in [3.8, 4) is 0 Å². The van der Waals surface area contributed by atoms with Gasteiger partial charge < -0.3 is 10.2 Å². The quantitative estimate of drug-likeness (QED) is 0.843. The van der Waals surface area contributed by atoms with Crippen LogP contribution in [0.3, 0.4) is 0 Å². The summed E-state index contributed by atoms with van der Waals surface area (Å²) in [5, 5.41) is 3.55. The van der Waals surface area contributed by atoms with E-state index in [1.165, 1.54) is 37.2 Å². The lowest BCUT2D eigenvalue weighted by Gasteiger charge is -2.29. The summed E-state index contributed by atoms with van der Waals surface area (Å²) in [5.41, 5.74) is 2.84. The molecule has 17 heavy (non-hydrogen) atoms. The molecule has 0 aromatic heterocycles. The van der Waals surface area contributed by atoms with Crippen molar-refractivity contribution < 1.29 is 0 Å². The van der Waals surface area contributed by atoms with Gasteiger partial charge in [-0.15, -0.1) is 0 Å². The molecule has 1 atom stereocenters. The van der Waals surface area contributed by atoms with E-state index in [-0.39, 0.29) is 0 Å². The molecule has 0 aliphatic carbocycles. The first-order chi connectivity index (χ1) is 8.29. The third-order valence-electron chi connectivity index (χ3n) is 3.61. The molecule has 1 aromatic rings. The van der Waals surface area contributed by atoms with Gasteiger partial charge in [-0.1, -0.05) is 19.1 Å². The molecule has 0 saturated carbocycles. The van der Waals surface area contributed by atoms with E-state index in [1.807, 2.05) is 0 Å². The Balaban J connectivity index is 2.07. The molecular weight excluding hydrogens is 208 g/mol. The fourth-order valence-corrected chi connectivity index (χ4v) is 2.41. The van der Waals surface area contributed by atoms with Crippen LogP contribution in [-0.4, -0.2) is 25.7 Å². The number of nitrogens with zero attached hydrogens (tertiary/aromatic N) is 1. The van der Waals surface area contributed by atoms with Crippen molar-refractivity contribution in [2.45, 2.75) is 39.2 Å². The first-order valence-electron chi connectivity index (χ1n) is 6.87. The Bertz CT molecular complexity index is 349. The molecule has 0 bridgehead atoms. The third-order valence-corrected chi connectivity index (χ3v) is 3.61. The van der Waals surface area contributed by atoms with Crippen LogP contribution in [0.2, 0.25) is 0 Å². The highest BCUT2D eigenvalue weighted by Gasteiger charge is 2.12. The summed E-state index contributed by atoms with van der Waals surface area (Å²) in [7, 11) is 0. The van der Waals surface area contributed by atoms with Crippen molar-refractivity contribution in [1.29, 1.82) is 0 Å². The van der Waals surface area contributed by atoms with Gasteiger partial charge in [0, 0.05) is 24.8 Å². The average molecular weight is 232 g/mol. The Morgan fingerprint density at radius 3 is 3.06 bits per heavy atom. The molecule has 1 heterocycles. The minimum Gasteiger partial charge on any atom is -0.371 e. The summed E-state index contributed by atoms with van der Waals surface area (Å²) in [6.45, 7) is 7.99. The molecule has 1 aliphatic heterocycles. The van der Waals surface area contributed by atoms with Crippen LogP contribution < -0.4 is 10.2 Å². The van der Waals surface area contributed by atoms with Gasteiger partial charge in [0.15, 0.2) is 0 Å². The number of hydrogen-bond acceptors (Lipinski definition) is 2. The molecule has 0 spiro atoms. The van der Waals surface area contributed by atoms with E-state index in [2.05, 4.69) is 48.3 Å². The predicted molar refractivity (Wildman–Crippen MR) is 74.7 cm³/mol. The highest BCUT2D eigenvalue weighted by atomic mass is 15.1. The zero-order valence-corrected chi connectivity index (χ0v) is 11.1. The van der Waals surface area contributed by atoms with Crippen molar-refractivity contribution in [2.75, 3.05) is 24.5 Å². The monoisotopic (exact) mass is 232 g/mol. The Morgan fingerprint density at radius 1 is 1.35 bits per heavy atom. The van der Waals surface area contributed by atoms with Crippen LogP contribution in [0.15, 0.2) is 24.3 Å². The summed E-state index contributed by atoms with van der Waals surface area (Å²) in [5.74, 6) is 0. The normalized spacial score (nSPS) is 22.0. The van der Waals surface area contributed by atoms with Crippen molar-refractivity contribution in [1.82, 2.24) is 5.32 Å². The topological polar surface area (TPSA) is 15.3 Å². The Hall–Kier alpha value is -1.02. The van der Waals surface area contributed by atoms with Crippen molar-refractivity contribution in [2.24, 2.45) is 0 Å². The van der Waals surface area contributed by atoms with Gasteiger partial charge in [-0.2, -0.15) is 0 Å². The Kier molecular flexibility index (Phi) is 4.43. The molecule has 1 aliphatic rings. The van der Waals surface area contributed by atoms with E-state index < -0.39 is 0 Å². The second-order valence-electron chi connectivity index (χ2n) is 5.01. The minimum atomic E-state index is 0.646. The predicted octanol–water partition coefficient (Wildman–Crippen LogP) is 2.83. The molecule has 1 saturated heterocycles. The van der Waals surface area contributed by atoms with Gasteiger partial charge in [-0.25, -0.2) is 0 Å². The zero-order valence-electron chi connectivity index (χ0n) is 11.1. The minimum absolute atomic E-state index is 0.646. The number of anilines is 1. The molecule has 0 radical (unpaired) electrons. The smallest absolute Gasteiger partial charge is 0.0368 e. The second kappa shape index (κ2) is 6.06. The highest BCUT2D eigenvalue weighted by Crippen LogP contribution is 2.18. The first kappa shape index (κ1) is 12.4. The van der Waals surface area contributed by atoms with E-state index in [0.717, 1.165) is 13.0 Å². The zero-order chi connectivity index (χ0) is 12.1. The molecule has 2 rings (SSSR count). The highest BCUT2D eigenvalue weighted by molar-refractivity contribution is 5.48. The van der Waals surface area contributed by atoms with E-state index in [4.69, 9.17) is 0 Å². The van der Waals surface area contributed by atoms with Crippen LogP contribution in [0, 0.1) is 0 Å². The summed E-state index contributed by atoms with van der Waals surface area (Å²) >= 11 is 0. The molecule has 2 nitrogen and oxygen atoms in total. The van der Waals surface area contributed by atoms with Crippen molar-refractivity contribution in [3.63, 3.8) is 0 Å². The van der Waals surface area contributed by atoms with Crippen LogP contribution in [0.25, 0.3) is 0 Å². The second-order valence-corrected chi connectivity index (χ2v) is 5.01. The van der Waals surface area contributed by atoms with Gasteiger partial charge in [0.05, 0.1) is 0 Å². The fraction of sp³-hybridized carbons (Fsp3) is 0.600. The summed E-state index contributed by atoms with van der Waals surface area (Å²) in [4.78, 5) is 2.54. The molecule has 0 amide bonds. The summed E-state index contributed by atoms with van der Waals surface area (Å²) in [6, 6.07) is 9.65. The van der Waals surface area contributed by atoms with Gasteiger partial charge in [0.1, 0.15) is 0 Å². The largest absolute Gasteiger partial charge is 0.371 e. The van der Waals surface area contributed by atoms with Gasteiger partial charge in [-0.05, 0) is 50.4 Å². The van der Waals surface area contributed by atoms with Crippen LogP contribution >= 0.6 is 0 Å². The van der Waals surface area contributed by atoms with Gasteiger partial charge in [0.25, 0.3) is 0 Å². The Labute approximate surface area is 105 Å². The lowest BCUT2D eigenvalue weighted by atomic mass is 10.1. The lowest BCUT2D eigenvalue weighted by Crippen LogP contribution is -2.38. The van der Waals surface area contributed by atoms with Gasteiger partial charge >= 0.3 is 0 Å². The van der Waals surface area contributed by atoms with Gasteiger partial charge in [-0.3, -0.25) is 0 Å². The SMILES string of the molecule is CCc1cccc(N2CCCNC(C)CC2)c1. The molecular formula is C15H24N2. The number of benzene rings is 1. The first-order valence-corrected chi connectivity index (χ1v) is 6.87. The number of hydrogen-bond donors (Lipinski definition) is 1. The molecule has 1 aromatic carbocycles. The summed E-state index contributed by atoms with van der Waals surface area (Å²) < 4.78 is 0. The number of nitrogens with one attached hydrogen (secondary N) is 1. The lowest BCUT2D eigenvalue weighted by molar-refractivity contribution is 0.475. The molecule has 94 valence electrons. The maximum Gasteiger partial charge on any atom is 0.0368 e. The van der Waals surface area contributed by atoms with E-state index in [9.17, 15) is 0 Å². The van der Waals surface area contributed by atoms with Crippen molar-refractivity contribution in [3.05, 3.63) is 29.8 Å². The Morgan fingerprint density at radius 2 is 2.24 bits per heavy atom. The van der Waals surface area contributed by atoms with Crippen molar-refractivity contribution >= 4 is 5.69 Å². The summed E-state index contributed by atoms with van der Waals surface area (Å²) in [6.07, 6.45) is 3.59. The van der Waals surface area contributed by atoms with Crippen LogP contribution in [-0.2, 0) is 6.42 Å². The van der Waals surface area contributed by atoms with E-state index >= 15 is 0 Å². The van der Waals surface area contributed by atoms with Crippen LogP contribution in [0.5, 0.6) is 0 Å². The third kappa shape index (κ3) is 3.47. The fourth-order valence-electron chi connectivity index (χ4n) is 2.41. The van der Waals surface area contributed by atoms with Crippen LogP contribution in [0.4, 0.5) is 5.69 Å². The molecule has 2 heteroatoms. The van der Waals surface area contributed by atoms with E-state index in [0.29, 0.717) is 6.04 Å². The number of aryl methyl sites for hydroxylation is 1.